The molecular formula is C53H93N13O10. The molecule has 1 saturated heterocycles. The van der Waals surface area contributed by atoms with Crippen molar-refractivity contribution in [2.24, 2.45) is 34.8 Å². The molecule has 1 heterocycles. The van der Waals surface area contributed by atoms with E-state index in [1.54, 1.807) is 30.3 Å². The van der Waals surface area contributed by atoms with Crippen LogP contribution in [0.15, 0.2) is 30.3 Å². The summed E-state index contributed by atoms with van der Waals surface area (Å²) in [5.41, 5.74) is 24.2. The van der Waals surface area contributed by atoms with E-state index in [1.807, 2.05) is 27.7 Å². The number of hydrogen-bond acceptors (Lipinski definition) is 14. The number of aliphatic hydroxyl groups excluding tert-OH is 1. The number of aliphatic hydroxyl groups is 1. The van der Waals surface area contributed by atoms with Gasteiger partial charge in [0.1, 0.15) is 48.3 Å². The van der Waals surface area contributed by atoms with Gasteiger partial charge in [0.2, 0.25) is 53.2 Å². The van der Waals surface area contributed by atoms with Gasteiger partial charge in [-0.3, -0.25) is 43.2 Å². The molecule has 430 valence electrons. The Balaban J connectivity index is 2.70. The highest BCUT2D eigenvalue weighted by atomic mass is 16.3. The van der Waals surface area contributed by atoms with Gasteiger partial charge in [-0.05, 0) is 108 Å². The summed E-state index contributed by atoms with van der Waals surface area (Å²) in [6, 6.07) is -1.42. The van der Waals surface area contributed by atoms with Gasteiger partial charge in [0, 0.05) is 13.0 Å². The van der Waals surface area contributed by atoms with Crippen molar-refractivity contribution < 1.29 is 48.3 Å². The van der Waals surface area contributed by atoms with Crippen molar-refractivity contribution in [2.75, 3.05) is 32.7 Å². The Hall–Kier alpha value is -5.75. The first kappa shape index (κ1) is 66.4. The molecule has 9 amide bonds. The van der Waals surface area contributed by atoms with Crippen LogP contribution in [0.4, 0.5) is 0 Å². The summed E-state index contributed by atoms with van der Waals surface area (Å²) in [4.78, 5) is 127. The molecule has 18 N–H and O–H groups in total. The van der Waals surface area contributed by atoms with E-state index < -0.39 is 108 Å². The summed E-state index contributed by atoms with van der Waals surface area (Å²) in [6.45, 7) is 9.33. The van der Waals surface area contributed by atoms with E-state index in [9.17, 15) is 48.3 Å². The van der Waals surface area contributed by atoms with Gasteiger partial charge in [-0.1, -0.05) is 97.1 Å². The molecule has 76 heavy (non-hydrogen) atoms. The smallest absolute Gasteiger partial charge is 0.243 e. The first-order valence-electron chi connectivity index (χ1n) is 27.5. The van der Waals surface area contributed by atoms with Gasteiger partial charge < -0.3 is 75.9 Å². The molecule has 0 aromatic heterocycles. The van der Waals surface area contributed by atoms with Crippen LogP contribution in [0, 0.1) is 11.8 Å². The number of nitrogens with two attached hydrogens (primary N) is 4. The second-order valence-electron chi connectivity index (χ2n) is 20.7. The van der Waals surface area contributed by atoms with Gasteiger partial charge in [-0.15, -0.1) is 0 Å². The maximum Gasteiger partial charge on any atom is 0.243 e. The van der Waals surface area contributed by atoms with Crippen LogP contribution in [0.25, 0.3) is 0 Å². The third kappa shape index (κ3) is 25.9. The average Bonchev–Trinajstić information content (AvgIpc) is 3.36. The summed E-state index contributed by atoms with van der Waals surface area (Å²) in [7, 11) is 0. The molecular weight excluding hydrogens is 979 g/mol. The van der Waals surface area contributed by atoms with E-state index in [4.69, 9.17) is 22.9 Å². The van der Waals surface area contributed by atoms with Crippen LogP contribution in [0.2, 0.25) is 0 Å². The van der Waals surface area contributed by atoms with Crippen molar-refractivity contribution in [3.8, 4) is 0 Å². The highest BCUT2D eigenvalue weighted by molar-refractivity contribution is 5.98. The van der Waals surface area contributed by atoms with Gasteiger partial charge in [0.05, 0.1) is 12.5 Å². The zero-order chi connectivity index (χ0) is 56.6. The lowest BCUT2D eigenvalue weighted by Gasteiger charge is -2.28. The molecule has 9 atom stereocenters. The monoisotopic (exact) mass is 1070 g/mol. The van der Waals surface area contributed by atoms with Crippen molar-refractivity contribution >= 4 is 53.2 Å². The third-order valence-corrected chi connectivity index (χ3v) is 12.9. The lowest BCUT2D eigenvalue weighted by Crippen LogP contribution is -2.61. The van der Waals surface area contributed by atoms with Crippen LogP contribution in [0.3, 0.4) is 0 Å². The fourth-order valence-electron chi connectivity index (χ4n) is 8.72. The topological polar surface area (TPSA) is 386 Å². The van der Waals surface area contributed by atoms with E-state index in [0.717, 1.165) is 32.1 Å². The fourth-order valence-corrected chi connectivity index (χ4v) is 8.72. The van der Waals surface area contributed by atoms with Gasteiger partial charge in [-0.25, -0.2) is 0 Å². The van der Waals surface area contributed by atoms with E-state index >= 15 is 0 Å². The Labute approximate surface area is 449 Å². The molecule has 2 rings (SSSR count). The fraction of sp³-hybridized carbons (Fsp3) is 0.717. The molecule has 23 nitrogen and oxygen atoms in total. The van der Waals surface area contributed by atoms with Crippen molar-refractivity contribution in [2.45, 2.75) is 198 Å². The van der Waals surface area contributed by atoms with Crippen LogP contribution < -0.4 is 70.8 Å². The summed E-state index contributed by atoms with van der Waals surface area (Å²) < 4.78 is 0. The molecule has 1 aromatic rings. The van der Waals surface area contributed by atoms with Crippen molar-refractivity contribution in [1.82, 2.24) is 47.9 Å². The van der Waals surface area contributed by atoms with Crippen molar-refractivity contribution in [3.05, 3.63) is 35.9 Å². The molecule has 0 aliphatic carbocycles. The first-order chi connectivity index (χ1) is 36.3. The number of carbonyl (C=O) groups is 9. The minimum atomic E-state index is -1.47. The van der Waals surface area contributed by atoms with E-state index in [-0.39, 0.29) is 95.8 Å². The van der Waals surface area contributed by atoms with E-state index in [1.165, 1.54) is 0 Å². The van der Waals surface area contributed by atoms with E-state index in [2.05, 4.69) is 54.8 Å². The van der Waals surface area contributed by atoms with Crippen molar-refractivity contribution in [3.63, 3.8) is 0 Å². The van der Waals surface area contributed by atoms with Crippen LogP contribution in [0.5, 0.6) is 0 Å². The highest BCUT2D eigenvalue weighted by Crippen LogP contribution is 2.14. The van der Waals surface area contributed by atoms with Crippen molar-refractivity contribution in [1.29, 1.82) is 0 Å². The number of rotatable bonds is 27. The molecule has 1 aliphatic heterocycles. The number of benzene rings is 1. The van der Waals surface area contributed by atoms with Gasteiger partial charge in [0.25, 0.3) is 0 Å². The molecule has 0 saturated carbocycles. The minimum Gasteiger partial charge on any atom is -0.393 e. The Morgan fingerprint density at radius 3 is 1.62 bits per heavy atom. The van der Waals surface area contributed by atoms with Gasteiger partial charge in [0.15, 0.2) is 0 Å². The molecule has 0 radical (unpaired) electrons. The quantitative estimate of drug-likeness (QED) is 0.0471. The molecule has 0 spiro atoms. The highest BCUT2D eigenvalue weighted by Gasteiger charge is 2.36. The molecule has 1 aromatic carbocycles. The molecule has 0 bridgehead atoms. The Morgan fingerprint density at radius 1 is 0.579 bits per heavy atom. The number of carbonyl (C=O) groups excluding carboxylic acids is 9. The van der Waals surface area contributed by atoms with Crippen LogP contribution in [0.1, 0.15) is 143 Å². The lowest BCUT2D eigenvalue weighted by molar-refractivity contribution is -0.136. The van der Waals surface area contributed by atoms with Gasteiger partial charge >= 0.3 is 0 Å². The summed E-state index contributed by atoms with van der Waals surface area (Å²) in [6.07, 6.45) is 4.75. The minimum absolute atomic E-state index is 0.0366. The number of hydrogen-bond donors (Lipinski definition) is 14. The summed E-state index contributed by atoms with van der Waals surface area (Å²) in [5, 5.41) is 35.1. The Kier molecular flexibility index (Phi) is 32.4. The molecule has 1 fully saturated rings. The van der Waals surface area contributed by atoms with Crippen LogP contribution in [-0.4, -0.2) is 145 Å². The largest absolute Gasteiger partial charge is 0.393 e. The zero-order valence-electron chi connectivity index (χ0n) is 45.7. The Bertz CT molecular complexity index is 1960. The first-order valence-corrected chi connectivity index (χ1v) is 27.5. The average molecular weight is 1070 g/mol. The zero-order valence-corrected chi connectivity index (χ0v) is 45.7. The second-order valence-corrected chi connectivity index (χ2v) is 20.7. The van der Waals surface area contributed by atoms with E-state index in [0.29, 0.717) is 31.4 Å². The number of nitrogens with one attached hydrogen (secondary N) is 9. The SMILES string of the molecule is CCCCCCC[C@@H](O)CC(=O)N[C@H](CCN)C(=O)N[C@H]1CCNC(=O)[C@H](CC(C)C)NC(=O)[C@H](CCN)NC(=O)[C@H](CCCCN)NC(=O)[C@H](CC(C)C)NC(=O)[C@@H](Cc2ccccc2)NC(=O)[C@H](CCN)NC1=O. The molecule has 23 heteroatoms. The number of unbranched alkanes of at least 4 members (excludes halogenated alkanes) is 5. The number of amides is 9. The summed E-state index contributed by atoms with van der Waals surface area (Å²) >= 11 is 0. The third-order valence-electron chi connectivity index (χ3n) is 12.9. The van der Waals surface area contributed by atoms with Gasteiger partial charge in [-0.2, -0.15) is 0 Å². The molecule has 1 aliphatic rings. The second kappa shape index (κ2) is 37.1. The lowest BCUT2D eigenvalue weighted by atomic mass is 9.99. The predicted octanol–water partition coefficient (Wildman–Crippen LogP) is -0.994. The maximum atomic E-state index is 14.4. The molecule has 0 unspecified atom stereocenters. The standard InChI is InChI=1S/C53H93N13O10/c1-6-7-8-9-13-18-36(67)32-45(68)59-38(20-25-55)48(71)63-41-23-28-58-46(69)42(29-33(2)3)64-49(72)39(21-26-56)61-47(70)37(19-14-15-24-54)60-52(75)43(30-34(4)5)65-53(76)44(31-35-16-11-10-12-17-35)66-50(73)40(22-27-57)62-51(41)74/h10-12,16-17,33-34,36-44,67H,6-9,13-15,18-32,54-57H2,1-5H3,(H,58,69)(H,59,68)(H,60,75)(H,61,70)(H,62,74)(H,63,71)(H,64,72)(H,65,76)(H,66,73)/t36-,37+,38-,39+,40+,41+,42+,43+,44-/m1/s1. The summed E-state index contributed by atoms with van der Waals surface area (Å²) in [5.74, 6) is -6.91. The van der Waals surface area contributed by atoms with Crippen LogP contribution >= 0.6 is 0 Å². The predicted molar refractivity (Wildman–Crippen MR) is 290 cm³/mol. The normalized spacial score (nSPS) is 22.7. The maximum absolute atomic E-state index is 14.4. The Morgan fingerprint density at radius 2 is 1.08 bits per heavy atom. The van der Waals surface area contributed by atoms with Crippen LogP contribution in [-0.2, 0) is 49.6 Å².